The predicted octanol–water partition coefficient (Wildman–Crippen LogP) is 4.50. The molecule has 3 nitrogen and oxygen atoms in total. The van der Waals surface area contributed by atoms with Gasteiger partial charge in [-0.2, -0.15) is 0 Å². The fourth-order valence-corrected chi connectivity index (χ4v) is 2.81. The van der Waals surface area contributed by atoms with Gasteiger partial charge in [-0.25, -0.2) is 4.79 Å². The van der Waals surface area contributed by atoms with E-state index in [0.29, 0.717) is 17.3 Å². The first-order valence-electron chi connectivity index (χ1n) is 7.83. The minimum absolute atomic E-state index is 0.320. The highest BCUT2D eigenvalue weighted by molar-refractivity contribution is 5.75. The van der Waals surface area contributed by atoms with Crippen LogP contribution in [0.2, 0.25) is 0 Å². The van der Waals surface area contributed by atoms with E-state index >= 15 is 0 Å². The average Bonchev–Trinajstić information content (AvgIpc) is 2.37. The number of carboxylic acid groups (broad SMARTS) is 1. The van der Waals surface area contributed by atoms with E-state index in [9.17, 15) is 4.79 Å². The van der Waals surface area contributed by atoms with Gasteiger partial charge in [0.1, 0.15) is 6.04 Å². The van der Waals surface area contributed by atoms with E-state index in [2.05, 4.69) is 50.9 Å². The number of rotatable bonds is 6. The Bertz CT molecular complexity index is 446. The molecule has 0 aromatic rings. The Labute approximate surface area is 128 Å². The highest BCUT2D eigenvalue weighted by Gasteiger charge is 2.30. The second-order valence-electron chi connectivity index (χ2n) is 6.90. The zero-order valence-corrected chi connectivity index (χ0v) is 14.0. The standard InChI is InChI=1S/C18H29NO2/c1-13(10-12-19-15(3)17(20)21)8-9-16-14(2)7-6-11-18(16,4)5/h7-9,12-13,15-16H,6,10-11H2,1-5H3,(H,20,21)/b9-8+,19-12-/t13?,15-,16?/m0/s1. The zero-order valence-electron chi connectivity index (χ0n) is 14.0. The summed E-state index contributed by atoms with van der Waals surface area (Å²) < 4.78 is 0. The third kappa shape index (κ3) is 5.49. The van der Waals surface area contributed by atoms with Gasteiger partial charge in [0.2, 0.25) is 0 Å². The van der Waals surface area contributed by atoms with Crippen LogP contribution in [0.3, 0.4) is 0 Å². The molecule has 0 saturated carbocycles. The highest BCUT2D eigenvalue weighted by atomic mass is 16.4. The lowest BCUT2D eigenvalue weighted by Crippen LogP contribution is -2.26. The zero-order chi connectivity index (χ0) is 16.0. The first kappa shape index (κ1) is 17.7. The van der Waals surface area contributed by atoms with Crippen LogP contribution in [-0.2, 0) is 4.79 Å². The summed E-state index contributed by atoms with van der Waals surface area (Å²) >= 11 is 0. The molecule has 0 fully saturated rings. The maximum atomic E-state index is 10.7. The lowest BCUT2D eigenvalue weighted by atomic mass is 9.68. The number of hydrogen-bond donors (Lipinski definition) is 1. The van der Waals surface area contributed by atoms with Gasteiger partial charge in [0.25, 0.3) is 0 Å². The third-order valence-corrected chi connectivity index (χ3v) is 4.38. The van der Waals surface area contributed by atoms with Crippen LogP contribution in [0.4, 0.5) is 0 Å². The Morgan fingerprint density at radius 3 is 2.76 bits per heavy atom. The number of carbonyl (C=O) groups is 1. The molecular formula is C18H29NO2. The van der Waals surface area contributed by atoms with Gasteiger partial charge in [0, 0.05) is 12.1 Å². The summed E-state index contributed by atoms with van der Waals surface area (Å²) in [5.74, 6) is 0.00279. The van der Waals surface area contributed by atoms with Crippen LogP contribution in [0.25, 0.3) is 0 Å². The molecule has 0 aliphatic heterocycles. The molecule has 1 N–H and O–H groups in total. The van der Waals surface area contributed by atoms with Crippen LogP contribution in [0, 0.1) is 17.3 Å². The molecule has 0 heterocycles. The molecule has 1 rings (SSSR count). The molecule has 3 heteroatoms. The van der Waals surface area contributed by atoms with Crippen molar-refractivity contribution in [2.75, 3.05) is 0 Å². The molecule has 118 valence electrons. The summed E-state index contributed by atoms with van der Waals surface area (Å²) in [6.07, 6.45) is 11.8. The van der Waals surface area contributed by atoms with Crippen LogP contribution < -0.4 is 0 Å². The molecule has 0 radical (unpaired) electrons. The van der Waals surface area contributed by atoms with Gasteiger partial charge in [-0.1, -0.05) is 44.6 Å². The number of carboxylic acids is 1. The predicted molar refractivity (Wildman–Crippen MR) is 88.8 cm³/mol. The smallest absolute Gasteiger partial charge is 0.328 e. The molecule has 21 heavy (non-hydrogen) atoms. The van der Waals surface area contributed by atoms with Crippen molar-refractivity contribution in [3.8, 4) is 0 Å². The fraction of sp³-hybridized carbons (Fsp3) is 0.667. The van der Waals surface area contributed by atoms with Crippen molar-refractivity contribution in [3.63, 3.8) is 0 Å². The number of aliphatic imine (C=N–C) groups is 1. The first-order valence-corrected chi connectivity index (χ1v) is 7.83. The van der Waals surface area contributed by atoms with Crippen molar-refractivity contribution in [2.45, 2.75) is 59.9 Å². The summed E-state index contributed by atoms with van der Waals surface area (Å²) in [6, 6.07) is -0.649. The van der Waals surface area contributed by atoms with E-state index in [1.807, 2.05) is 0 Å². The number of nitrogens with zero attached hydrogens (tertiary/aromatic N) is 1. The summed E-state index contributed by atoms with van der Waals surface area (Å²) in [5.41, 5.74) is 1.78. The van der Waals surface area contributed by atoms with Gasteiger partial charge < -0.3 is 5.11 Å². The van der Waals surface area contributed by atoms with Crippen LogP contribution in [-0.4, -0.2) is 23.3 Å². The summed E-state index contributed by atoms with van der Waals surface area (Å²) in [6.45, 7) is 10.6. The van der Waals surface area contributed by atoms with Crippen molar-refractivity contribution >= 4 is 12.2 Å². The second-order valence-corrected chi connectivity index (χ2v) is 6.90. The van der Waals surface area contributed by atoms with Gasteiger partial charge in [-0.05, 0) is 44.4 Å². The Balaban J connectivity index is 2.57. The van der Waals surface area contributed by atoms with Gasteiger partial charge in [-0.3, -0.25) is 4.99 Å². The fourth-order valence-electron chi connectivity index (χ4n) is 2.81. The molecule has 1 aliphatic rings. The molecule has 0 amide bonds. The summed E-state index contributed by atoms with van der Waals surface area (Å²) in [5, 5.41) is 8.77. The minimum atomic E-state index is -0.876. The van der Waals surface area contributed by atoms with E-state index < -0.39 is 12.0 Å². The Morgan fingerprint density at radius 1 is 1.52 bits per heavy atom. The quantitative estimate of drug-likeness (QED) is 0.579. The van der Waals surface area contributed by atoms with Gasteiger partial charge in [0.05, 0.1) is 0 Å². The Morgan fingerprint density at radius 2 is 2.19 bits per heavy atom. The summed E-state index contributed by atoms with van der Waals surface area (Å²) in [7, 11) is 0. The normalized spacial score (nSPS) is 25.0. The van der Waals surface area contributed by atoms with Crippen LogP contribution in [0.15, 0.2) is 28.8 Å². The first-order chi connectivity index (χ1) is 9.74. The number of aliphatic carboxylic acids is 1. The summed E-state index contributed by atoms with van der Waals surface area (Å²) in [4.78, 5) is 14.7. The second kappa shape index (κ2) is 7.58. The lowest BCUT2D eigenvalue weighted by Gasteiger charge is -2.36. The van der Waals surface area contributed by atoms with Gasteiger partial charge >= 0.3 is 5.97 Å². The molecule has 1 aliphatic carbocycles. The van der Waals surface area contributed by atoms with Crippen molar-refractivity contribution in [1.29, 1.82) is 0 Å². The SMILES string of the molecule is CC1=CCCC(C)(C)C1/C=C/C(C)C/C=N\[C@@H](C)C(=O)O. The molecule has 0 aromatic heterocycles. The average molecular weight is 291 g/mol. The van der Waals surface area contributed by atoms with Gasteiger partial charge in [-0.15, -0.1) is 0 Å². The van der Waals surface area contributed by atoms with Crippen molar-refractivity contribution < 1.29 is 9.90 Å². The van der Waals surface area contributed by atoms with E-state index in [-0.39, 0.29) is 0 Å². The third-order valence-electron chi connectivity index (χ3n) is 4.38. The molecule has 3 atom stereocenters. The van der Waals surface area contributed by atoms with Gasteiger partial charge in [0.15, 0.2) is 0 Å². The maximum Gasteiger partial charge on any atom is 0.328 e. The minimum Gasteiger partial charge on any atom is -0.480 e. The highest BCUT2D eigenvalue weighted by Crippen LogP contribution is 2.41. The number of hydrogen-bond acceptors (Lipinski definition) is 2. The van der Waals surface area contributed by atoms with Crippen molar-refractivity contribution in [1.82, 2.24) is 0 Å². The van der Waals surface area contributed by atoms with E-state index in [0.717, 1.165) is 6.42 Å². The van der Waals surface area contributed by atoms with Crippen molar-refractivity contribution in [3.05, 3.63) is 23.8 Å². The molecule has 0 spiro atoms. The molecule has 0 aromatic carbocycles. The van der Waals surface area contributed by atoms with E-state index in [1.165, 1.54) is 18.4 Å². The van der Waals surface area contributed by atoms with E-state index in [1.54, 1.807) is 13.1 Å². The van der Waals surface area contributed by atoms with Crippen LogP contribution in [0.5, 0.6) is 0 Å². The number of allylic oxidation sites excluding steroid dienone is 4. The molecular weight excluding hydrogens is 262 g/mol. The van der Waals surface area contributed by atoms with Crippen molar-refractivity contribution in [2.24, 2.45) is 22.2 Å². The van der Waals surface area contributed by atoms with E-state index in [4.69, 9.17) is 5.11 Å². The maximum absolute atomic E-state index is 10.7. The lowest BCUT2D eigenvalue weighted by molar-refractivity contribution is -0.137. The molecule has 0 bridgehead atoms. The Hall–Kier alpha value is -1.38. The monoisotopic (exact) mass is 291 g/mol. The largest absolute Gasteiger partial charge is 0.480 e. The molecule has 0 saturated heterocycles. The topological polar surface area (TPSA) is 49.7 Å². The Kier molecular flexibility index (Phi) is 6.38. The van der Waals surface area contributed by atoms with Crippen LogP contribution >= 0.6 is 0 Å². The molecule has 2 unspecified atom stereocenters. The van der Waals surface area contributed by atoms with Crippen LogP contribution in [0.1, 0.15) is 53.9 Å².